The van der Waals surface area contributed by atoms with Gasteiger partial charge in [0.25, 0.3) is 5.91 Å². The van der Waals surface area contributed by atoms with Gasteiger partial charge in [-0.25, -0.2) is 9.78 Å². The van der Waals surface area contributed by atoms with E-state index < -0.39 is 11.9 Å². The number of benzene rings is 1. The smallest absolute Gasteiger partial charge is 0.335 e. The zero-order valence-electron chi connectivity index (χ0n) is 15.1. The van der Waals surface area contributed by atoms with Crippen molar-refractivity contribution in [1.29, 1.82) is 0 Å². The number of aromatic nitrogens is 1. The minimum absolute atomic E-state index is 0.0170. The van der Waals surface area contributed by atoms with E-state index >= 15 is 0 Å². The summed E-state index contributed by atoms with van der Waals surface area (Å²) in [5, 5.41) is 11.8. The third kappa shape index (κ3) is 5.20. The van der Waals surface area contributed by atoms with Gasteiger partial charge in [0.2, 0.25) is 5.88 Å². The maximum Gasteiger partial charge on any atom is 0.335 e. The molecule has 0 fully saturated rings. The van der Waals surface area contributed by atoms with Crippen LogP contribution in [0.1, 0.15) is 48.4 Å². The second-order valence-electron chi connectivity index (χ2n) is 6.19. The van der Waals surface area contributed by atoms with Crippen molar-refractivity contribution in [3.63, 3.8) is 0 Å². The fourth-order valence-corrected chi connectivity index (χ4v) is 2.14. The molecule has 2 rings (SSSR count). The molecule has 0 radical (unpaired) electrons. The predicted octanol–water partition coefficient (Wildman–Crippen LogP) is 3.61. The Morgan fingerprint density at radius 3 is 2.19 bits per heavy atom. The van der Waals surface area contributed by atoms with Crippen LogP contribution in [0.4, 0.5) is 5.69 Å². The van der Waals surface area contributed by atoms with Crippen LogP contribution in [0.3, 0.4) is 0 Å². The summed E-state index contributed by atoms with van der Waals surface area (Å²) in [6.07, 6.45) is 1.25. The van der Waals surface area contributed by atoms with Gasteiger partial charge in [-0.3, -0.25) is 4.79 Å². The summed E-state index contributed by atoms with van der Waals surface area (Å²) in [7, 11) is 0. The second kappa shape index (κ2) is 8.33. The number of rotatable bonds is 7. The summed E-state index contributed by atoms with van der Waals surface area (Å²) in [6.45, 7) is 7.45. The molecule has 7 nitrogen and oxygen atoms in total. The average molecular weight is 358 g/mol. The molecule has 0 saturated heterocycles. The summed E-state index contributed by atoms with van der Waals surface area (Å²) in [5.41, 5.74) is 0.652. The maximum absolute atomic E-state index is 12.5. The number of pyridine rings is 1. The number of nitrogens with zero attached hydrogens (tertiary/aromatic N) is 1. The lowest BCUT2D eigenvalue weighted by Gasteiger charge is -2.15. The largest absolute Gasteiger partial charge is 0.489 e. The molecule has 0 aliphatic heterocycles. The Morgan fingerprint density at radius 1 is 1.00 bits per heavy atom. The Kier molecular flexibility index (Phi) is 6.16. The van der Waals surface area contributed by atoms with Gasteiger partial charge in [-0.2, -0.15) is 0 Å². The van der Waals surface area contributed by atoms with Crippen LogP contribution in [0.25, 0.3) is 0 Å². The summed E-state index contributed by atoms with van der Waals surface area (Å²) in [4.78, 5) is 27.8. The number of carboxylic acids is 1. The highest BCUT2D eigenvalue weighted by molar-refractivity contribution is 6.05. The van der Waals surface area contributed by atoms with E-state index in [0.29, 0.717) is 17.2 Å². The van der Waals surface area contributed by atoms with Crippen LogP contribution in [0.15, 0.2) is 36.5 Å². The molecule has 2 aromatic rings. The highest BCUT2D eigenvalue weighted by Crippen LogP contribution is 2.27. The van der Waals surface area contributed by atoms with Gasteiger partial charge < -0.3 is 19.9 Å². The molecule has 0 aliphatic rings. The van der Waals surface area contributed by atoms with Crippen molar-refractivity contribution in [3.05, 3.63) is 47.7 Å². The number of carbonyl (C=O) groups excluding carboxylic acids is 1. The fraction of sp³-hybridized carbons (Fsp3) is 0.316. The van der Waals surface area contributed by atoms with Crippen LogP contribution in [-0.4, -0.2) is 34.2 Å². The number of hydrogen-bond donors (Lipinski definition) is 2. The Labute approximate surface area is 152 Å². The third-order valence-corrected chi connectivity index (χ3v) is 3.19. The van der Waals surface area contributed by atoms with Crippen molar-refractivity contribution >= 4 is 17.6 Å². The zero-order chi connectivity index (χ0) is 19.3. The van der Waals surface area contributed by atoms with Crippen molar-refractivity contribution in [2.75, 3.05) is 5.32 Å². The molecule has 0 spiro atoms. The summed E-state index contributed by atoms with van der Waals surface area (Å²) in [6, 6.07) is 7.51. The number of aromatic carboxylic acids is 1. The van der Waals surface area contributed by atoms with Gasteiger partial charge in [0.1, 0.15) is 5.75 Å². The minimum atomic E-state index is -1.09. The maximum atomic E-state index is 12.5. The highest BCUT2D eigenvalue weighted by atomic mass is 16.5. The Hall–Kier alpha value is -3.09. The SMILES string of the molecule is CC(C)Oc1ccc(C(=O)Nc2cc(C(=O)O)ccc2OC(C)C)cn1. The first-order valence-electron chi connectivity index (χ1n) is 8.24. The molecule has 7 heteroatoms. The number of anilines is 1. The van der Waals surface area contributed by atoms with E-state index in [1.165, 1.54) is 24.4 Å². The van der Waals surface area contributed by atoms with Crippen LogP contribution in [0.5, 0.6) is 11.6 Å². The lowest BCUT2D eigenvalue weighted by molar-refractivity contribution is 0.0696. The molecule has 26 heavy (non-hydrogen) atoms. The van der Waals surface area contributed by atoms with E-state index in [0.717, 1.165) is 0 Å². The molecule has 2 N–H and O–H groups in total. The monoisotopic (exact) mass is 358 g/mol. The first-order valence-corrected chi connectivity index (χ1v) is 8.24. The average Bonchev–Trinajstić information content (AvgIpc) is 2.55. The third-order valence-electron chi connectivity index (χ3n) is 3.19. The fourth-order valence-electron chi connectivity index (χ4n) is 2.14. The van der Waals surface area contributed by atoms with E-state index in [2.05, 4.69) is 10.3 Å². The van der Waals surface area contributed by atoms with Crippen molar-refractivity contribution in [3.8, 4) is 11.6 Å². The van der Waals surface area contributed by atoms with Gasteiger partial charge in [0.05, 0.1) is 29.0 Å². The molecule has 138 valence electrons. The number of amides is 1. The second-order valence-corrected chi connectivity index (χ2v) is 6.19. The van der Waals surface area contributed by atoms with Gasteiger partial charge in [0.15, 0.2) is 0 Å². The first-order chi connectivity index (χ1) is 12.3. The van der Waals surface area contributed by atoms with Crippen LogP contribution < -0.4 is 14.8 Å². The van der Waals surface area contributed by atoms with Crippen LogP contribution in [0, 0.1) is 0 Å². The summed E-state index contributed by atoms with van der Waals surface area (Å²) in [5.74, 6) is -0.697. The van der Waals surface area contributed by atoms with Gasteiger partial charge in [0, 0.05) is 12.3 Å². The van der Waals surface area contributed by atoms with Crippen molar-refractivity contribution in [2.45, 2.75) is 39.9 Å². The standard InChI is InChI=1S/C19H22N2O5/c1-11(2)25-16-7-5-13(19(23)24)9-15(16)21-18(22)14-6-8-17(20-10-14)26-12(3)4/h5-12H,1-4H3,(H,21,22)(H,23,24). The number of carbonyl (C=O) groups is 2. The van der Waals surface area contributed by atoms with E-state index in [-0.39, 0.29) is 23.5 Å². The van der Waals surface area contributed by atoms with Crippen LogP contribution in [-0.2, 0) is 0 Å². The zero-order valence-corrected chi connectivity index (χ0v) is 15.1. The molecule has 1 amide bonds. The molecular formula is C19H22N2O5. The number of carboxylic acid groups (broad SMARTS) is 1. The minimum Gasteiger partial charge on any atom is -0.489 e. The van der Waals surface area contributed by atoms with Gasteiger partial charge >= 0.3 is 5.97 Å². The Morgan fingerprint density at radius 2 is 1.65 bits per heavy atom. The summed E-state index contributed by atoms with van der Waals surface area (Å²) >= 11 is 0. The molecule has 0 aliphatic carbocycles. The van der Waals surface area contributed by atoms with E-state index in [1.807, 2.05) is 27.7 Å². The molecule has 0 unspecified atom stereocenters. The van der Waals surface area contributed by atoms with Gasteiger partial charge in [-0.15, -0.1) is 0 Å². The topological polar surface area (TPSA) is 97.8 Å². The number of hydrogen-bond acceptors (Lipinski definition) is 5. The van der Waals surface area contributed by atoms with Crippen molar-refractivity contribution in [2.24, 2.45) is 0 Å². The molecule has 0 bridgehead atoms. The Bertz CT molecular complexity index is 785. The molecule has 0 saturated carbocycles. The number of nitrogens with one attached hydrogen (secondary N) is 1. The normalized spacial score (nSPS) is 10.7. The molecule has 1 aromatic heterocycles. The van der Waals surface area contributed by atoms with Gasteiger partial charge in [-0.1, -0.05) is 0 Å². The van der Waals surface area contributed by atoms with E-state index in [1.54, 1.807) is 12.1 Å². The Balaban J connectivity index is 2.23. The number of ether oxygens (including phenoxy) is 2. The molecule has 0 atom stereocenters. The predicted molar refractivity (Wildman–Crippen MR) is 97.1 cm³/mol. The lowest BCUT2D eigenvalue weighted by atomic mass is 10.1. The molecule has 1 aromatic carbocycles. The lowest BCUT2D eigenvalue weighted by Crippen LogP contribution is -2.16. The van der Waals surface area contributed by atoms with Crippen molar-refractivity contribution in [1.82, 2.24) is 4.98 Å². The quantitative estimate of drug-likeness (QED) is 0.785. The summed E-state index contributed by atoms with van der Waals surface area (Å²) < 4.78 is 11.1. The van der Waals surface area contributed by atoms with E-state index in [4.69, 9.17) is 14.6 Å². The first kappa shape index (κ1) is 19.2. The van der Waals surface area contributed by atoms with Crippen LogP contribution >= 0.6 is 0 Å². The molecular weight excluding hydrogens is 336 g/mol. The molecule has 1 heterocycles. The highest BCUT2D eigenvalue weighted by Gasteiger charge is 2.15. The van der Waals surface area contributed by atoms with E-state index in [9.17, 15) is 9.59 Å². The van der Waals surface area contributed by atoms with Gasteiger partial charge in [-0.05, 0) is 52.0 Å². The van der Waals surface area contributed by atoms with Crippen molar-refractivity contribution < 1.29 is 24.2 Å². The van der Waals surface area contributed by atoms with Crippen LogP contribution in [0.2, 0.25) is 0 Å².